The van der Waals surface area contributed by atoms with Crippen LogP contribution in [-0.4, -0.2) is 13.1 Å². The van der Waals surface area contributed by atoms with Crippen molar-refractivity contribution in [1.29, 1.82) is 0 Å². The van der Waals surface area contributed by atoms with Gasteiger partial charge in [-0.25, -0.2) is 0 Å². The zero-order valence-electron chi connectivity index (χ0n) is 7.31. The summed E-state index contributed by atoms with van der Waals surface area (Å²) in [5.41, 5.74) is 0. The van der Waals surface area contributed by atoms with Gasteiger partial charge in [0.2, 0.25) is 0 Å². The van der Waals surface area contributed by atoms with Gasteiger partial charge in [-0.1, -0.05) is 19.3 Å². The van der Waals surface area contributed by atoms with Crippen LogP contribution in [0.15, 0.2) is 0 Å². The second-order valence-corrected chi connectivity index (χ2v) is 4.13. The Balaban J connectivity index is 1.89. The standard InChI is InChI=1S/C10H19N/c1-3-9-5-2-7-11-8-6-10(9)4-1/h9-11H,1-8H2/t9?,10-/m0/s1. The van der Waals surface area contributed by atoms with Crippen LogP contribution in [-0.2, 0) is 0 Å². The maximum absolute atomic E-state index is 3.50. The Bertz CT molecular complexity index is 108. The van der Waals surface area contributed by atoms with Crippen molar-refractivity contribution < 1.29 is 0 Å². The van der Waals surface area contributed by atoms with Crippen LogP contribution >= 0.6 is 0 Å². The van der Waals surface area contributed by atoms with Crippen molar-refractivity contribution in [1.82, 2.24) is 5.32 Å². The van der Waals surface area contributed by atoms with Gasteiger partial charge >= 0.3 is 0 Å². The summed E-state index contributed by atoms with van der Waals surface area (Å²) < 4.78 is 0. The Morgan fingerprint density at radius 1 is 0.727 bits per heavy atom. The van der Waals surface area contributed by atoms with E-state index in [1.54, 1.807) is 0 Å². The molecule has 11 heavy (non-hydrogen) atoms. The molecule has 2 fully saturated rings. The normalized spacial score (nSPS) is 39.3. The molecule has 1 heterocycles. The summed E-state index contributed by atoms with van der Waals surface area (Å²) in [5.74, 6) is 2.19. The van der Waals surface area contributed by atoms with Crippen molar-refractivity contribution in [2.45, 2.75) is 38.5 Å². The van der Waals surface area contributed by atoms with Gasteiger partial charge in [-0.3, -0.25) is 0 Å². The highest BCUT2D eigenvalue weighted by Crippen LogP contribution is 2.37. The van der Waals surface area contributed by atoms with Gasteiger partial charge in [0, 0.05) is 0 Å². The van der Waals surface area contributed by atoms with Crippen LogP contribution in [0, 0.1) is 11.8 Å². The van der Waals surface area contributed by atoms with Gasteiger partial charge in [-0.05, 0) is 44.2 Å². The highest BCUT2D eigenvalue weighted by atomic mass is 14.8. The van der Waals surface area contributed by atoms with Crippen LogP contribution in [0.25, 0.3) is 0 Å². The smallest absolute Gasteiger partial charge is 0.00462 e. The van der Waals surface area contributed by atoms with Gasteiger partial charge in [0.25, 0.3) is 0 Å². The molecule has 1 aliphatic heterocycles. The molecule has 1 heteroatoms. The molecule has 1 saturated carbocycles. The molecule has 1 unspecified atom stereocenters. The third-order valence-corrected chi connectivity index (χ3v) is 3.44. The number of fused-ring (bicyclic) bond motifs is 1. The molecule has 1 nitrogen and oxygen atoms in total. The Kier molecular flexibility index (Phi) is 2.47. The zero-order chi connectivity index (χ0) is 7.52. The van der Waals surface area contributed by atoms with E-state index in [1.807, 2.05) is 0 Å². The highest BCUT2D eigenvalue weighted by molar-refractivity contribution is 4.79. The number of rotatable bonds is 0. The van der Waals surface area contributed by atoms with E-state index in [0.717, 1.165) is 11.8 Å². The van der Waals surface area contributed by atoms with E-state index >= 15 is 0 Å². The molecule has 64 valence electrons. The summed E-state index contributed by atoms with van der Waals surface area (Å²) in [6.45, 7) is 2.55. The van der Waals surface area contributed by atoms with Crippen molar-refractivity contribution >= 4 is 0 Å². The molecule has 0 bridgehead atoms. The van der Waals surface area contributed by atoms with Gasteiger partial charge in [0.1, 0.15) is 0 Å². The average molecular weight is 153 g/mol. The van der Waals surface area contributed by atoms with E-state index in [-0.39, 0.29) is 0 Å². The van der Waals surface area contributed by atoms with Crippen molar-refractivity contribution in [2.75, 3.05) is 13.1 Å². The van der Waals surface area contributed by atoms with Gasteiger partial charge in [0.05, 0.1) is 0 Å². The summed E-state index contributed by atoms with van der Waals surface area (Å²) in [5, 5.41) is 3.50. The monoisotopic (exact) mass is 153 g/mol. The van der Waals surface area contributed by atoms with Crippen LogP contribution < -0.4 is 5.32 Å². The third kappa shape index (κ3) is 1.76. The molecule has 2 rings (SSSR count). The minimum atomic E-state index is 1.09. The topological polar surface area (TPSA) is 12.0 Å². The van der Waals surface area contributed by atoms with E-state index in [4.69, 9.17) is 0 Å². The van der Waals surface area contributed by atoms with Gasteiger partial charge in [0.15, 0.2) is 0 Å². The van der Waals surface area contributed by atoms with Crippen LogP contribution in [0.4, 0.5) is 0 Å². The zero-order valence-corrected chi connectivity index (χ0v) is 7.31. The molecule has 2 aliphatic rings. The molecule has 0 aromatic carbocycles. The lowest BCUT2D eigenvalue weighted by molar-refractivity contribution is 0.310. The Morgan fingerprint density at radius 2 is 1.45 bits per heavy atom. The molecule has 1 saturated heterocycles. The Labute approximate surface area is 69.6 Å². The summed E-state index contributed by atoms with van der Waals surface area (Å²) in [6, 6.07) is 0. The number of hydrogen-bond acceptors (Lipinski definition) is 1. The molecular weight excluding hydrogens is 134 g/mol. The van der Waals surface area contributed by atoms with Crippen LogP contribution in [0.2, 0.25) is 0 Å². The quantitative estimate of drug-likeness (QED) is 0.562. The van der Waals surface area contributed by atoms with Crippen molar-refractivity contribution in [3.63, 3.8) is 0 Å². The van der Waals surface area contributed by atoms with Crippen LogP contribution in [0.5, 0.6) is 0 Å². The molecule has 1 aliphatic carbocycles. The van der Waals surface area contributed by atoms with Crippen molar-refractivity contribution in [3.8, 4) is 0 Å². The molecule has 0 amide bonds. The van der Waals surface area contributed by atoms with Crippen LogP contribution in [0.3, 0.4) is 0 Å². The maximum Gasteiger partial charge on any atom is -0.00462 e. The van der Waals surface area contributed by atoms with Crippen molar-refractivity contribution in [3.05, 3.63) is 0 Å². The Morgan fingerprint density at radius 3 is 2.36 bits per heavy atom. The molecule has 0 radical (unpaired) electrons. The van der Waals surface area contributed by atoms with Gasteiger partial charge < -0.3 is 5.32 Å². The molecule has 2 atom stereocenters. The number of hydrogen-bond donors (Lipinski definition) is 1. The summed E-state index contributed by atoms with van der Waals surface area (Å²) in [7, 11) is 0. The van der Waals surface area contributed by atoms with Crippen molar-refractivity contribution in [2.24, 2.45) is 11.8 Å². The fraction of sp³-hybridized carbons (Fsp3) is 1.00. The lowest BCUT2D eigenvalue weighted by atomic mass is 9.88. The molecular formula is C10H19N. The second kappa shape index (κ2) is 3.57. The minimum Gasteiger partial charge on any atom is -0.317 e. The van der Waals surface area contributed by atoms with E-state index in [2.05, 4.69) is 5.32 Å². The van der Waals surface area contributed by atoms with Crippen LogP contribution in [0.1, 0.15) is 38.5 Å². The van der Waals surface area contributed by atoms with E-state index in [0.29, 0.717) is 0 Å². The fourth-order valence-electron chi connectivity index (χ4n) is 2.78. The van der Waals surface area contributed by atoms with E-state index in [1.165, 1.54) is 51.6 Å². The first kappa shape index (κ1) is 7.60. The third-order valence-electron chi connectivity index (χ3n) is 3.44. The predicted octanol–water partition coefficient (Wildman–Crippen LogP) is 2.18. The maximum atomic E-state index is 3.50. The summed E-state index contributed by atoms with van der Waals surface area (Å²) in [4.78, 5) is 0. The number of nitrogens with one attached hydrogen (secondary N) is 1. The first-order valence-corrected chi connectivity index (χ1v) is 5.17. The summed E-state index contributed by atoms with van der Waals surface area (Å²) in [6.07, 6.45) is 8.93. The Hall–Kier alpha value is -0.0400. The van der Waals surface area contributed by atoms with Gasteiger partial charge in [-0.2, -0.15) is 0 Å². The molecule has 0 spiro atoms. The lowest BCUT2D eigenvalue weighted by Crippen LogP contribution is -2.24. The molecule has 1 N–H and O–H groups in total. The SMILES string of the molecule is C1CNCC[C@@H]2CCCC2C1. The predicted molar refractivity (Wildman–Crippen MR) is 47.6 cm³/mol. The molecule has 0 aromatic heterocycles. The largest absolute Gasteiger partial charge is 0.317 e. The van der Waals surface area contributed by atoms with Gasteiger partial charge in [-0.15, -0.1) is 0 Å². The lowest BCUT2D eigenvalue weighted by Gasteiger charge is -2.22. The fourth-order valence-corrected chi connectivity index (χ4v) is 2.78. The summed E-state index contributed by atoms with van der Waals surface area (Å²) >= 11 is 0. The minimum absolute atomic E-state index is 1.09. The van der Waals surface area contributed by atoms with E-state index in [9.17, 15) is 0 Å². The molecule has 0 aromatic rings. The first-order chi connectivity index (χ1) is 5.47. The second-order valence-electron chi connectivity index (χ2n) is 4.13. The highest BCUT2D eigenvalue weighted by Gasteiger charge is 2.26. The first-order valence-electron chi connectivity index (χ1n) is 5.17. The van der Waals surface area contributed by atoms with E-state index < -0.39 is 0 Å². The average Bonchev–Trinajstić information content (AvgIpc) is 2.35.